The molecule has 33 heavy (non-hydrogen) atoms. The molecule has 1 saturated heterocycles. The van der Waals surface area contributed by atoms with E-state index in [1.54, 1.807) is 6.92 Å². The average molecular weight is 493 g/mol. The van der Waals surface area contributed by atoms with E-state index in [2.05, 4.69) is 4.98 Å². The Balaban J connectivity index is 1.72. The van der Waals surface area contributed by atoms with Crippen molar-refractivity contribution in [2.45, 2.75) is 42.5 Å². The summed E-state index contributed by atoms with van der Waals surface area (Å²) in [6.07, 6.45) is -2.39. The second-order valence-corrected chi connectivity index (χ2v) is 10.1. The number of alkyl halides is 5. The topological polar surface area (TPSA) is 73.7 Å². The van der Waals surface area contributed by atoms with Crippen LogP contribution in [0, 0.1) is 0 Å². The number of nitrogens with zero attached hydrogens (tertiary/aromatic N) is 3. The van der Waals surface area contributed by atoms with Gasteiger partial charge in [0.25, 0.3) is 5.92 Å². The number of hydrogen-bond donors (Lipinski definition) is 1. The van der Waals surface area contributed by atoms with E-state index >= 15 is 0 Å². The number of pyridine rings is 1. The van der Waals surface area contributed by atoms with E-state index < -0.39 is 45.9 Å². The molecular weight excluding hydrogens is 469 g/mol. The van der Waals surface area contributed by atoms with Gasteiger partial charge in [-0.05, 0) is 43.7 Å². The van der Waals surface area contributed by atoms with E-state index in [-0.39, 0.29) is 30.1 Å². The summed E-state index contributed by atoms with van der Waals surface area (Å²) in [5, 5.41) is 9.76. The lowest BCUT2D eigenvalue weighted by Gasteiger charge is -2.40. The molecule has 1 aliphatic rings. The highest BCUT2D eigenvalue weighted by atomic mass is 32.2. The van der Waals surface area contributed by atoms with E-state index in [9.17, 15) is 35.5 Å². The van der Waals surface area contributed by atoms with Crippen molar-refractivity contribution in [2.24, 2.45) is 0 Å². The molecule has 0 amide bonds. The van der Waals surface area contributed by atoms with E-state index in [1.165, 1.54) is 29.4 Å². The number of aromatic nitrogens is 1. The van der Waals surface area contributed by atoms with Crippen molar-refractivity contribution in [3.8, 4) is 0 Å². The average Bonchev–Trinajstić information content (AvgIpc) is 2.73. The summed E-state index contributed by atoms with van der Waals surface area (Å²) < 4.78 is 95.4. The summed E-state index contributed by atoms with van der Waals surface area (Å²) in [6, 6.07) is 5.64. The molecule has 2 heterocycles. The molecule has 1 aromatic heterocycles. The number of piperazine rings is 1. The Morgan fingerprint density at radius 1 is 1.00 bits per heavy atom. The van der Waals surface area contributed by atoms with Gasteiger partial charge in [-0.25, -0.2) is 8.42 Å². The molecular formula is C21H24F5N3O3S. The number of halogens is 5. The van der Waals surface area contributed by atoms with Crippen LogP contribution in [-0.4, -0.2) is 66.1 Å². The molecule has 12 heteroatoms. The Morgan fingerprint density at radius 2 is 1.58 bits per heavy atom. The lowest BCUT2D eigenvalue weighted by molar-refractivity contribution is -0.258. The largest absolute Gasteiger partial charge is 0.421 e. The summed E-state index contributed by atoms with van der Waals surface area (Å²) in [5.74, 6) is -3.14. The van der Waals surface area contributed by atoms with Crippen molar-refractivity contribution < 1.29 is 35.5 Å². The highest BCUT2D eigenvalue weighted by Crippen LogP contribution is 2.39. The number of rotatable bonds is 6. The third-order valence-electron chi connectivity index (χ3n) is 5.75. The molecule has 1 unspecified atom stereocenters. The SMILES string of the molecule is C[C@@H]1CN(CC(F)(F)c2ccncc2)CCN1S(=O)(=O)c1ccc(C(C)(O)C(F)(F)F)cc1. The van der Waals surface area contributed by atoms with Gasteiger partial charge >= 0.3 is 6.18 Å². The van der Waals surface area contributed by atoms with Crippen LogP contribution in [0.4, 0.5) is 22.0 Å². The fourth-order valence-corrected chi connectivity index (χ4v) is 5.35. The van der Waals surface area contributed by atoms with E-state index in [1.807, 2.05) is 0 Å². The predicted octanol–water partition coefficient (Wildman–Crippen LogP) is 3.34. The fourth-order valence-electron chi connectivity index (χ4n) is 3.74. The van der Waals surface area contributed by atoms with Crippen molar-refractivity contribution in [2.75, 3.05) is 26.2 Å². The van der Waals surface area contributed by atoms with Gasteiger partial charge < -0.3 is 5.11 Å². The third kappa shape index (κ3) is 5.18. The van der Waals surface area contributed by atoms with Crippen LogP contribution in [0.1, 0.15) is 25.0 Å². The minimum Gasteiger partial charge on any atom is -0.376 e. The maximum Gasteiger partial charge on any atom is 0.421 e. The summed E-state index contributed by atoms with van der Waals surface area (Å²) in [6.45, 7) is 1.64. The normalized spacial score (nSPS) is 21.0. The zero-order valence-corrected chi connectivity index (χ0v) is 18.7. The van der Waals surface area contributed by atoms with E-state index in [0.717, 1.165) is 28.6 Å². The molecule has 1 N–H and O–H groups in total. The lowest BCUT2D eigenvalue weighted by atomic mass is 9.96. The van der Waals surface area contributed by atoms with Crippen molar-refractivity contribution in [3.63, 3.8) is 0 Å². The lowest BCUT2D eigenvalue weighted by Crippen LogP contribution is -2.55. The second kappa shape index (κ2) is 8.90. The number of benzene rings is 1. The Bertz CT molecular complexity index is 1060. The Labute approximate surface area is 188 Å². The molecule has 0 bridgehead atoms. The van der Waals surface area contributed by atoms with Crippen LogP contribution in [0.2, 0.25) is 0 Å². The standard InChI is InChI=1S/C21H24F5N3O3S/c1-15-13-28(14-20(22,23)17-7-9-27-10-8-17)11-12-29(15)33(31,32)18-5-3-16(4-6-18)19(2,30)21(24,25)26/h3-10,15,30H,11-14H2,1-2H3/t15-,19?/m1/s1. The van der Waals surface area contributed by atoms with E-state index in [0.29, 0.717) is 6.92 Å². The first kappa shape index (κ1) is 25.5. The van der Waals surface area contributed by atoms with Gasteiger partial charge in [0.1, 0.15) is 0 Å². The maximum absolute atomic E-state index is 14.6. The number of aliphatic hydroxyl groups is 1. The van der Waals surface area contributed by atoms with Crippen LogP contribution >= 0.6 is 0 Å². The van der Waals surface area contributed by atoms with Gasteiger partial charge in [0.15, 0.2) is 5.60 Å². The zero-order chi connectivity index (χ0) is 24.7. The molecule has 0 spiro atoms. The van der Waals surface area contributed by atoms with Gasteiger partial charge in [-0.1, -0.05) is 12.1 Å². The third-order valence-corrected chi connectivity index (χ3v) is 7.78. The second-order valence-electron chi connectivity index (χ2n) is 8.23. The summed E-state index contributed by atoms with van der Waals surface area (Å²) in [5.41, 5.74) is -3.81. The molecule has 6 nitrogen and oxygen atoms in total. The minimum atomic E-state index is -4.93. The highest BCUT2D eigenvalue weighted by Gasteiger charge is 2.51. The summed E-state index contributed by atoms with van der Waals surface area (Å²) in [4.78, 5) is 4.95. The van der Waals surface area contributed by atoms with Crippen molar-refractivity contribution in [3.05, 3.63) is 59.9 Å². The molecule has 1 aliphatic heterocycles. The van der Waals surface area contributed by atoms with Gasteiger partial charge in [-0.15, -0.1) is 0 Å². The maximum atomic E-state index is 14.6. The van der Waals surface area contributed by atoms with Gasteiger partial charge in [0.2, 0.25) is 10.0 Å². The van der Waals surface area contributed by atoms with Crippen molar-refractivity contribution >= 4 is 10.0 Å². The monoisotopic (exact) mass is 493 g/mol. The van der Waals surface area contributed by atoms with Gasteiger partial charge in [-0.2, -0.15) is 26.3 Å². The van der Waals surface area contributed by atoms with E-state index in [4.69, 9.17) is 0 Å². The van der Waals surface area contributed by atoms with Gasteiger partial charge in [0, 0.05) is 43.6 Å². The zero-order valence-electron chi connectivity index (χ0n) is 17.9. The van der Waals surface area contributed by atoms with Crippen LogP contribution in [0.15, 0.2) is 53.7 Å². The van der Waals surface area contributed by atoms with Gasteiger partial charge in [0.05, 0.1) is 11.4 Å². The molecule has 2 aromatic rings. The Hall–Kier alpha value is -2.15. The number of sulfonamides is 1. The van der Waals surface area contributed by atoms with Crippen LogP contribution in [-0.2, 0) is 21.5 Å². The van der Waals surface area contributed by atoms with Crippen molar-refractivity contribution in [1.82, 2.24) is 14.2 Å². The Kier molecular flexibility index (Phi) is 6.87. The molecule has 182 valence electrons. The molecule has 3 rings (SSSR count). The van der Waals surface area contributed by atoms with Crippen LogP contribution in [0.3, 0.4) is 0 Å². The quantitative estimate of drug-likeness (QED) is 0.625. The molecule has 0 radical (unpaired) electrons. The van der Waals surface area contributed by atoms with Crippen LogP contribution in [0.5, 0.6) is 0 Å². The minimum absolute atomic E-state index is 0.0563. The summed E-state index contributed by atoms with van der Waals surface area (Å²) >= 11 is 0. The fraction of sp³-hybridized carbons (Fsp3) is 0.476. The summed E-state index contributed by atoms with van der Waals surface area (Å²) in [7, 11) is -4.08. The molecule has 1 aromatic carbocycles. The predicted molar refractivity (Wildman–Crippen MR) is 110 cm³/mol. The number of hydrogen-bond acceptors (Lipinski definition) is 5. The molecule has 0 saturated carbocycles. The first-order valence-corrected chi connectivity index (χ1v) is 11.5. The van der Waals surface area contributed by atoms with Crippen LogP contribution in [0.25, 0.3) is 0 Å². The molecule has 0 aliphatic carbocycles. The Morgan fingerprint density at radius 3 is 2.09 bits per heavy atom. The first-order valence-electron chi connectivity index (χ1n) is 10.1. The first-order chi connectivity index (χ1) is 15.2. The molecule has 2 atom stereocenters. The highest BCUT2D eigenvalue weighted by molar-refractivity contribution is 7.89. The van der Waals surface area contributed by atoms with Crippen LogP contribution < -0.4 is 0 Å². The smallest absolute Gasteiger partial charge is 0.376 e. The van der Waals surface area contributed by atoms with Crippen molar-refractivity contribution in [1.29, 1.82) is 0 Å². The van der Waals surface area contributed by atoms with Gasteiger partial charge in [-0.3, -0.25) is 9.88 Å². The molecule has 1 fully saturated rings.